The lowest BCUT2D eigenvalue weighted by molar-refractivity contribution is -0.130. The monoisotopic (exact) mass is 340 g/mol. The highest BCUT2D eigenvalue weighted by atomic mass is 16.2. The third kappa shape index (κ3) is 3.36. The van der Waals surface area contributed by atoms with Crippen molar-refractivity contribution in [3.8, 4) is 0 Å². The number of carbonyl (C=O) groups excluding carboxylic acids is 1. The summed E-state index contributed by atoms with van der Waals surface area (Å²) < 4.78 is 1.73. The Hall–Kier alpha value is -2.44. The van der Waals surface area contributed by atoms with Crippen molar-refractivity contribution in [1.29, 1.82) is 0 Å². The molecule has 2 aromatic heterocycles. The minimum atomic E-state index is 0.141. The number of aromatic nitrogens is 4. The van der Waals surface area contributed by atoms with E-state index < -0.39 is 0 Å². The van der Waals surface area contributed by atoms with Crippen LogP contribution >= 0.6 is 0 Å². The van der Waals surface area contributed by atoms with Crippen LogP contribution in [0.3, 0.4) is 0 Å². The van der Waals surface area contributed by atoms with Crippen LogP contribution in [0.4, 0.5) is 5.82 Å². The van der Waals surface area contributed by atoms with Crippen LogP contribution in [0.5, 0.6) is 0 Å². The first-order valence-corrected chi connectivity index (χ1v) is 9.05. The van der Waals surface area contributed by atoms with Gasteiger partial charge in [-0.1, -0.05) is 0 Å². The predicted octanol–water partition coefficient (Wildman–Crippen LogP) is 0.980. The molecule has 0 aliphatic carbocycles. The number of amides is 1. The Morgan fingerprint density at radius 1 is 1.12 bits per heavy atom. The lowest BCUT2D eigenvalue weighted by Crippen LogP contribution is -2.34. The SMILES string of the molecule is Cn1ccc(CC(=O)N2CCc3ncnc(N4CCCC4)c3CC2)n1. The molecule has 2 aromatic rings. The maximum atomic E-state index is 12.7. The lowest BCUT2D eigenvalue weighted by atomic mass is 10.1. The van der Waals surface area contributed by atoms with Crippen LogP contribution in [0.15, 0.2) is 18.6 Å². The van der Waals surface area contributed by atoms with E-state index in [2.05, 4.69) is 20.0 Å². The molecule has 7 nitrogen and oxygen atoms in total. The summed E-state index contributed by atoms with van der Waals surface area (Å²) in [4.78, 5) is 26.0. The topological polar surface area (TPSA) is 67.2 Å². The molecule has 1 amide bonds. The van der Waals surface area contributed by atoms with Gasteiger partial charge in [-0.25, -0.2) is 9.97 Å². The van der Waals surface area contributed by atoms with E-state index in [1.165, 1.54) is 18.4 Å². The van der Waals surface area contributed by atoms with Crippen LogP contribution in [0.1, 0.15) is 29.8 Å². The van der Waals surface area contributed by atoms with E-state index in [1.807, 2.05) is 24.2 Å². The summed E-state index contributed by atoms with van der Waals surface area (Å²) in [6.45, 7) is 3.60. The van der Waals surface area contributed by atoms with Crippen molar-refractivity contribution in [2.24, 2.45) is 7.05 Å². The van der Waals surface area contributed by atoms with E-state index in [0.29, 0.717) is 6.42 Å². The van der Waals surface area contributed by atoms with Crippen LogP contribution in [0, 0.1) is 0 Å². The van der Waals surface area contributed by atoms with Gasteiger partial charge in [0.25, 0.3) is 0 Å². The molecule has 0 atom stereocenters. The van der Waals surface area contributed by atoms with Gasteiger partial charge < -0.3 is 9.80 Å². The van der Waals surface area contributed by atoms with Gasteiger partial charge in [0.05, 0.1) is 17.8 Å². The van der Waals surface area contributed by atoms with E-state index in [-0.39, 0.29) is 5.91 Å². The van der Waals surface area contributed by atoms with E-state index >= 15 is 0 Å². The highest BCUT2D eigenvalue weighted by molar-refractivity contribution is 5.78. The van der Waals surface area contributed by atoms with Crippen molar-refractivity contribution < 1.29 is 4.79 Å². The second-order valence-corrected chi connectivity index (χ2v) is 6.85. The molecule has 0 aromatic carbocycles. The van der Waals surface area contributed by atoms with Crippen molar-refractivity contribution in [2.75, 3.05) is 31.1 Å². The Balaban J connectivity index is 1.48. The van der Waals surface area contributed by atoms with E-state index in [1.54, 1.807) is 11.0 Å². The molecule has 0 bridgehead atoms. The van der Waals surface area contributed by atoms with Gasteiger partial charge in [-0.05, 0) is 25.3 Å². The van der Waals surface area contributed by atoms with Gasteiger partial charge in [0.2, 0.25) is 5.91 Å². The molecule has 2 aliphatic rings. The maximum absolute atomic E-state index is 12.7. The molecule has 0 unspecified atom stereocenters. The van der Waals surface area contributed by atoms with E-state index in [0.717, 1.165) is 56.2 Å². The molecule has 2 aliphatic heterocycles. The minimum absolute atomic E-state index is 0.141. The standard InChI is InChI=1S/C18H24N6O/c1-22-9-4-14(21-22)12-17(25)23-10-5-15-16(6-11-23)19-13-20-18(15)24-7-2-3-8-24/h4,9,13H,2-3,5-8,10-12H2,1H3. The Morgan fingerprint density at radius 3 is 2.68 bits per heavy atom. The number of carbonyl (C=O) groups is 1. The molecule has 4 heterocycles. The molecular formula is C18H24N6O. The molecular weight excluding hydrogens is 316 g/mol. The normalized spacial score (nSPS) is 17.5. The zero-order valence-corrected chi connectivity index (χ0v) is 14.7. The average Bonchev–Trinajstić information content (AvgIpc) is 3.22. The Bertz CT molecular complexity index is 765. The van der Waals surface area contributed by atoms with Gasteiger partial charge >= 0.3 is 0 Å². The van der Waals surface area contributed by atoms with Crippen molar-refractivity contribution in [3.63, 3.8) is 0 Å². The first-order valence-electron chi connectivity index (χ1n) is 9.05. The summed E-state index contributed by atoms with van der Waals surface area (Å²) in [5.41, 5.74) is 3.16. The number of anilines is 1. The molecule has 1 saturated heterocycles. The highest BCUT2D eigenvalue weighted by Crippen LogP contribution is 2.26. The number of hydrogen-bond donors (Lipinski definition) is 0. The molecule has 0 radical (unpaired) electrons. The number of rotatable bonds is 3. The van der Waals surface area contributed by atoms with Gasteiger partial charge in [0.15, 0.2) is 0 Å². The summed E-state index contributed by atoms with van der Waals surface area (Å²) in [6, 6.07) is 1.90. The highest BCUT2D eigenvalue weighted by Gasteiger charge is 2.25. The molecule has 7 heteroatoms. The Labute approximate surface area is 147 Å². The summed E-state index contributed by atoms with van der Waals surface area (Å²) in [5, 5.41) is 4.31. The largest absolute Gasteiger partial charge is 0.356 e. The fraction of sp³-hybridized carbons (Fsp3) is 0.556. The number of fused-ring (bicyclic) bond motifs is 1. The smallest absolute Gasteiger partial charge is 0.228 e. The maximum Gasteiger partial charge on any atom is 0.228 e. The number of nitrogens with zero attached hydrogens (tertiary/aromatic N) is 6. The van der Waals surface area contributed by atoms with Crippen LogP contribution < -0.4 is 4.90 Å². The quantitative estimate of drug-likeness (QED) is 0.833. The minimum Gasteiger partial charge on any atom is -0.356 e. The molecule has 0 spiro atoms. The molecule has 4 rings (SSSR count). The summed E-state index contributed by atoms with van der Waals surface area (Å²) in [7, 11) is 1.87. The first kappa shape index (κ1) is 16.1. The van der Waals surface area contributed by atoms with Gasteiger partial charge in [-0.15, -0.1) is 0 Å². The first-order chi connectivity index (χ1) is 12.2. The zero-order chi connectivity index (χ0) is 17.2. The van der Waals surface area contributed by atoms with E-state index in [4.69, 9.17) is 0 Å². The van der Waals surface area contributed by atoms with Gasteiger partial charge in [0.1, 0.15) is 12.1 Å². The number of hydrogen-bond acceptors (Lipinski definition) is 5. The van der Waals surface area contributed by atoms with E-state index in [9.17, 15) is 4.79 Å². The van der Waals surface area contributed by atoms with Gasteiger partial charge in [-0.2, -0.15) is 5.10 Å². The van der Waals surface area contributed by atoms with Crippen molar-refractivity contribution >= 4 is 11.7 Å². The van der Waals surface area contributed by atoms with Gasteiger partial charge in [-0.3, -0.25) is 9.48 Å². The third-order valence-electron chi connectivity index (χ3n) is 5.12. The molecule has 0 N–H and O–H groups in total. The zero-order valence-electron chi connectivity index (χ0n) is 14.7. The summed E-state index contributed by atoms with van der Waals surface area (Å²) in [6.07, 6.45) is 8.00. The summed E-state index contributed by atoms with van der Waals surface area (Å²) >= 11 is 0. The summed E-state index contributed by atoms with van der Waals surface area (Å²) in [5.74, 6) is 1.23. The van der Waals surface area contributed by atoms with Crippen LogP contribution in [-0.2, 0) is 31.1 Å². The van der Waals surface area contributed by atoms with Crippen molar-refractivity contribution in [2.45, 2.75) is 32.1 Å². The third-order valence-corrected chi connectivity index (χ3v) is 5.12. The van der Waals surface area contributed by atoms with Crippen LogP contribution in [0.25, 0.3) is 0 Å². The predicted molar refractivity (Wildman–Crippen MR) is 94.4 cm³/mol. The molecule has 1 fully saturated rings. The fourth-order valence-electron chi connectivity index (χ4n) is 3.78. The Morgan fingerprint density at radius 2 is 1.92 bits per heavy atom. The fourth-order valence-corrected chi connectivity index (χ4v) is 3.78. The van der Waals surface area contributed by atoms with Crippen LogP contribution in [0.2, 0.25) is 0 Å². The van der Waals surface area contributed by atoms with Crippen LogP contribution in [-0.4, -0.2) is 56.7 Å². The Kier molecular flexibility index (Phi) is 4.38. The second kappa shape index (κ2) is 6.82. The van der Waals surface area contributed by atoms with Crippen molar-refractivity contribution in [1.82, 2.24) is 24.6 Å². The lowest BCUT2D eigenvalue weighted by Gasteiger charge is -2.21. The molecule has 25 heavy (non-hydrogen) atoms. The van der Waals surface area contributed by atoms with Gasteiger partial charge in [0, 0.05) is 51.4 Å². The average molecular weight is 340 g/mol. The van der Waals surface area contributed by atoms with Crippen molar-refractivity contribution in [3.05, 3.63) is 35.5 Å². The second-order valence-electron chi connectivity index (χ2n) is 6.85. The molecule has 132 valence electrons. The number of aryl methyl sites for hydroxylation is 1. The molecule has 0 saturated carbocycles.